The number of anilines is 2. The van der Waals surface area contributed by atoms with Crippen LogP contribution < -0.4 is 19.8 Å². The normalized spacial score (nSPS) is 19.2. The first-order chi connectivity index (χ1) is 21.4. The van der Waals surface area contributed by atoms with E-state index in [0.717, 1.165) is 46.2 Å². The predicted octanol–water partition coefficient (Wildman–Crippen LogP) is 5.18. The number of nitro benzene ring substituents is 1. The number of aromatic nitrogens is 1. The largest absolute Gasteiger partial charge is 0.483 e. The summed E-state index contributed by atoms with van der Waals surface area (Å²) in [5, 5.41) is 12.9. The summed E-state index contributed by atoms with van der Waals surface area (Å²) in [6.45, 7) is -0.596. The van der Waals surface area contributed by atoms with Gasteiger partial charge in [0.2, 0.25) is 11.8 Å². The number of carbonyl (C=O) groups excluding carboxylic acids is 3. The number of H-pyrrole nitrogens is 1. The molecule has 1 aromatic heterocycles. The van der Waals surface area contributed by atoms with Gasteiger partial charge in [-0.25, -0.2) is 4.90 Å². The molecule has 2 unspecified atom stereocenters. The summed E-state index contributed by atoms with van der Waals surface area (Å²) < 4.78 is 45.0. The van der Waals surface area contributed by atoms with Crippen molar-refractivity contribution >= 4 is 57.9 Å². The third-order valence-corrected chi connectivity index (χ3v) is 9.63. The number of para-hydroxylation sites is 1. The van der Waals surface area contributed by atoms with Crippen LogP contribution in [0.5, 0.6) is 5.75 Å². The Hall–Kier alpha value is -4.96. The van der Waals surface area contributed by atoms with Gasteiger partial charge in [-0.2, -0.15) is 13.2 Å². The smallest absolute Gasteiger partial charge is 0.416 e. The van der Waals surface area contributed by atoms with E-state index in [4.69, 9.17) is 4.74 Å². The van der Waals surface area contributed by atoms with Gasteiger partial charge in [-0.05, 0) is 36.4 Å². The van der Waals surface area contributed by atoms with E-state index < -0.39 is 63.0 Å². The van der Waals surface area contributed by atoms with Crippen molar-refractivity contribution in [1.82, 2.24) is 4.98 Å². The monoisotopic (exact) mass is 656 g/mol. The Balaban J connectivity index is 1.30. The van der Waals surface area contributed by atoms with Crippen LogP contribution in [0.15, 0.2) is 82.6 Å². The molecule has 0 radical (unpaired) electrons. The van der Waals surface area contributed by atoms with Gasteiger partial charge in [0.15, 0.2) is 6.61 Å². The Morgan fingerprint density at radius 1 is 1.02 bits per heavy atom. The second-order valence-corrected chi connectivity index (χ2v) is 12.2. The number of thioether (sulfide) groups is 1. The molecule has 4 aromatic rings. The van der Waals surface area contributed by atoms with Crippen molar-refractivity contribution in [3.63, 3.8) is 0 Å². The molecule has 2 aliphatic heterocycles. The van der Waals surface area contributed by atoms with E-state index in [-0.39, 0.29) is 22.8 Å². The molecule has 16 heteroatoms. The van der Waals surface area contributed by atoms with E-state index in [2.05, 4.69) is 10.3 Å². The molecule has 45 heavy (non-hydrogen) atoms. The number of carbonyl (C=O) groups is 3. The molecule has 11 nitrogen and oxygen atoms in total. The third-order valence-electron chi connectivity index (χ3n) is 7.23. The van der Waals surface area contributed by atoms with Crippen molar-refractivity contribution in [3.8, 4) is 5.75 Å². The summed E-state index contributed by atoms with van der Waals surface area (Å²) in [6.07, 6.45) is -4.60. The Morgan fingerprint density at radius 2 is 1.76 bits per heavy atom. The van der Waals surface area contributed by atoms with Crippen molar-refractivity contribution in [2.45, 2.75) is 22.4 Å². The van der Waals surface area contributed by atoms with Crippen LogP contribution in [0.1, 0.15) is 21.9 Å². The first-order valence-electron chi connectivity index (χ1n) is 13.1. The third kappa shape index (κ3) is 5.69. The highest BCUT2D eigenvalue weighted by Gasteiger charge is 2.56. The summed E-state index contributed by atoms with van der Waals surface area (Å²) in [4.78, 5) is 66.9. The first kappa shape index (κ1) is 30.1. The van der Waals surface area contributed by atoms with Crippen molar-refractivity contribution < 1.29 is 37.2 Å². The van der Waals surface area contributed by atoms with Gasteiger partial charge in [0.25, 0.3) is 11.6 Å². The number of aromatic amines is 1. The number of hydrogen-bond donors (Lipinski definition) is 2. The quantitative estimate of drug-likeness (QED) is 0.157. The Labute approximate surface area is 259 Å². The lowest BCUT2D eigenvalue weighted by molar-refractivity contribution is -0.384. The number of rotatable bonds is 7. The number of non-ortho nitro benzene ring substituents is 1. The number of thiazole rings is 1. The molecule has 1 saturated heterocycles. The SMILES string of the molecule is O=C(COc1ccccc1[C@H]1c2sc(=O)[nH]c2SC2C(=O)N(c3ccc([N+](=O)[O-])cc3)C(=O)C21)Nc1cccc(C(F)(F)F)c1. The molecule has 2 aliphatic rings. The Morgan fingerprint density at radius 3 is 2.47 bits per heavy atom. The van der Waals surface area contributed by atoms with E-state index in [1.165, 1.54) is 36.4 Å². The molecular formula is C29H19F3N4O7S2. The molecule has 0 spiro atoms. The lowest BCUT2D eigenvalue weighted by Gasteiger charge is -2.30. The summed E-state index contributed by atoms with van der Waals surface area (Å²) in [7, 11) is 0. The van der Waals surface area contributed by atoms with Gasteiger partial charge in [0.1, 0.15) is 11.0 Å². The zero-order chi connectivity index (χ0) is 32.0. The van der Waals surface area contributed by atoms with Gasteiger partial charge in [0.05, 0.1) is 27.1 Å². The molecule has 3 amide bonds. The zero-order valence-electron chi connectivity index (χ0n) is 22.6. The van der Waals surface area contributed by atoms with Crippen LogP contribution >= 0.6 is 23.1 Å². The molecule has 0 aliphatic carbocycles. The fourth-order valence-electron chi connectivity index (χ4n) is 5.31. The molecule has 2 N–H and O–H groups in total. The Bertz CT molecular complexity index is 1910. The Kier molecular flexibility index (Phi) is 7.70. The number of nitrogens with one attached hydrogen (secondary N) is 2. The maximum absolute atomic E-state index is 13.9. The number of hydrogen-bond acceptors (Lipinski definition) is 9. The van der Waals surface area contributed by atoms with Crippen LogP contribution in [-0.2, 0) is 20.6 Å². The topological polar surface area (TPSA) is 152 Å². The number of nitro groups is 1. The zero-order valence-corrected chi connectivity index (χ0v) is 24.2. The van der Waals surface area contributed by atoms with Crippen LogP contribution in [0.4, 0.5) is 30.2 Å². The molecule has 0 saturated carbocycles. The fourth-order valence-corrected chi connectivity index (χ4v) is 7.82. The highest BCUT2D eigenvalue weighted by atomic mass is 32.2. The van der Waals surface area contributed by atoms with E-state index in [9.17, 15) is 42.5 Å². The molecule has 6 rings (SSSR count). The van der Waals surface area contributed by atoms with E-state index in [0.29, 0.717) is 15.5 Å². The number of benzene rings is 3. The van der Waals surface area contributed by atoms with Crippen LogP contribution in [0, 0.1) is 16.0 Å². The summed E-state index contributed by atoms with van der Waals surface area (Å²) in [5.74, 6) is -3.58. The average Bonchev–Trinajstić information content (AvgIpc) is 3.50. The van der Waals surface area contributed by atoms with Crippen LogP contribution in [0.2, 0.25) is 0 Å². The second kappa shape index (κ2) is 11.5. The van der Waals surface area contributed by atoms with Crippen LogP contribution in [-0.4, -0.2) is 39.5 Å². The van der Waals surface area contributed by atoms with Crippen LogP contribution in [0.3, 0.4) is 0 Å². The molecule has 1 fully saturated rings. The number of amides is 3. The maximum Gasteiger partial charge on any atom is 0.416 e. The molecule has 0 bridgehead atoms. The molecular weight excluding hydrogens is 637 g/mol. The molecule has 3 atom stereocenters. The first-order valence-corrected chi connectivity index (χ1v) is 14.8. The molecule has 3 heterocycles. The highest BCUT2D eigenvalue weighted by Crippen LogP contribution is 2.54. The van der Waals surface area contributed by atoms with Crippen molar-refractivity contribution in [3.05, 3.63) is 109 Å². The van der Waals surface area contributed by atoms with Crippen molar-refractivity contribution in [1.29, 1.82) is 0 Å². The molecule has 3 aromatic carbocycles. The van der Waals surface area contributed by atoms with E-state index in [1.54, 1.807) is 18.2 Å². The minimum atomic E-state index is -4.60. The van der Waals surface area contributed by atoms with Crippen LogP contribution in [0.25, 0.3) is 0 Å². The van der Waals surface area contributed by atoms with Gasteiger partial charge in [-0.3, -0.25) is 29.3 Å². The number of nitrogens with zero attached hydrogens (tertiary/aromatic N) is 2. The summed E-state index contributed by atoms with van der Waals surface area (Å²) in [6, 6.07) is 15.6. The summed E-state index contributed by atoms with van der Waals surface area (Å²) >= 11 is 1.91. The maximum atomic E-state index is 13.9. The lowest BCUT2D eigenvalue weighted by atomic mass is 9.82. The average molecular weight is 657 g/mol. The van der Waals surface area contributed by atoms with Gasteiger partial charge in [0, 0.05) is 34.2 Å². The minimum absolute atomic E-state index is 0.0815. The standard InChI is InChI=1S/C29H19F3N4O7S2/c30-29(31,32)14-4-3-5-15(12-14)33-20(37)13-43-19-7-2-1-6-18(19)21-22-24(44-25-23(21)45-28(40)34-25)27(39)35(26(22)38)16-8-10-17(11-9-16)36(41)42/h1-12,21-22,24H,13H2,(H,33,37)(H,34,40)/t21-,22?,24?/m1/s1. The number of ether oxygens (including phenoxy) is 1. The summed E-state index contributed by atoms with van der Waals surface area (Å²) in [5.41, 5.74) is -0.677. The predicted molar refractivity (Wildman–Crippen MR) is 158 cm³/mol. The number of halogens is 3. The number of imide groups is 1. The lowest BCUT2D eigenvalue weighted by Crippen LogP contribution is -2.32. The van der Waals surface area contributed by atoms with Gasteiger partial charge in [-0.1, -0.05) is 47.4 Å². The number of fused-ring (bicyclic) bond motifs is 2. The minimum Gasteiger partial charge on any atom is -0.483 e. The van der Waals surface area contributed by atoms with Crippen molar-refractivity contribution in [2.24, 2.45) is 5.92 Å². The van der Waals surface area contributed by atoms with E-state index >= 15 is 0 Å². The van der Waals surface area contributed by atoms with Gasteiger partial charge >= 0.3 is 11.0 Å². The van der Waals surface area contributed by atoms with Crippen molar-refractivity contribution in [2.75, 3.05) is 16.8 Å². The number of alkyl halides is 3. The second-order valence-electron chi connectivity index (χ2n) is 9.99. The van der Waals surface area contributed by atoms with Gasteiger partial charge < -0.3 is 15.0 Å². The fraction of sp³-hybridized carbons (Fsp3) is 0.172. The molecule has 230 valence electrons. The van der Waals surface area contributed by atoms with Gasteiger partial charge in [-0.15, -0.1) is 0 Å². The highest BCUT2D eigenvalue weighted by molar-refractivity contribution is 8.00. The van der Waals surface area contributed by atoms with E-state index in [1.807, 2.05) is 0 Å².